The van der Waals surface area contributed by atoms with Crippen LogP contribution in [0.1, 0.15) is 23.7 Å². The third kappa shape index (κ3) is 4.67. The van der Waals surface area contributed by atoms with Crippen molar-refractivity contribution in [2.75, 3.05) is 17.2 Å². The van der Waals surface area contributed by atoms with Gasteiger partial charge in [0.15, 0.2) is 5.78 Å². The van der Waals surface area contributed by atoms with E-state index in [-0.39, 0.29) is 23.1 Å². The van der Waals surface area contributed by atoms with E-state index in [1.807, 2.05) is 10.8 Å². The van der Waals surface area contributed by atoms with Crippen molar-refractivity contribution in [3.8, 4) is 0 Å². The van der Waals surface area contributed by atoms with Crippen molar-refractivity contribution in [2.24, 2.45) is 0 Å². The van der Waals surface area contributed by atoms with Gasteiger partial charge in [-0.25, -0.2) is 15.0 Å². The third-order valence-corrected chi connectivity index (χ3v) is 4.00. The van der Waals surface area contributed by atoms with E-state index in [2.05, 4.69) is 25.6 Å². The zero-order valence-electron chi connectivity index (χ0n) is 15.2. The molecule has 2 N–H and O–H groups in total. The number of hydrogen-bond acceptors (Lipinski definition) is 8. The molecule has 3 rings (SSSR count). The van der Waals surface area contributed by atoms with Gasteiger partial charge in [-0.15, -0.1) is 0 Å². The van der Waals surface area contributed by atoms with Crippen molar-refractivity contribution in [3.63, 3.8) is 0 Å². The van der Waals surface area contributed by atoms with Crippen molar-refractivity contribution < 1.29 is 9.72 Å². The Morgan fingerprint density at radius 2 is 1.96 bits per heavy atom. The highest BCUT2D eigenvalue weighted by Crippen LogP contribution is 2.31. The first-order chi connectivity index (χ1) is 13.5. The first kappa shape index (κ1) is 19.0. The maximum Gasteiger partial charge on any atom is 0.353 e. The van der Waals surface area contributed by atoms with E-state index in [0.29, 0.717) is 17.8 Å². The summed E-state index contributed by atoms with van der Waals surface area (Å²) in [6.07, 6.45) is 7.27. The number of carbonyl (C=O) groups is 1. The van der Waals surface area contributed by atoms with Crippen molar-refractivity contribution >= 4 is 28.8 Å². The van der Waals surface area contributed by atoms with Gasteiger partial charge >= 0.3 is 5.69 Å². The molecule has 3 aromatic rings. The maximum atomic E-state index is 11.6. The second-order valence-electron chi connectivity index (χ2n) is 6.02. The molecule has 0 unspecified atom stereocenters. The van der Waals surface area contributed by atoms with E-state index < -0.39 is 4.92 Å². The molecule has 0 aliphatic carbocycles. The van der Waals surface area contributed by atoms with Gasteiger partial charge in [-0.2, -0.15) is 0 Å². The first-order valence-electron chi connectivity index (χ1n) is 8.61. The van der Waals surface area contributed by atoms with Crippen molar-refractivity contribution in [1.82, 2.24) is 19.5 Å². The average molecular weight is 381 g/mol. The topological polar surface area (TPSA) is 128 Å². The van der Waals surface area contributed by atoms with Gasteiger partial charge in [0.2, 0.25) is 11.6 Å². The van der Waals surface area contributed by atoms with Crippen LogP contribution in [0.15, 0.2) is 49.3 Å². The smallest absolute Gasteiger partial charge is 0.353 e. The summed E-state index contributed by atoms with van der Waals surface area (Å²) in [5.74, 6) is 0.169. The molecule has 0 aliphatic heterocycles. The highest BCUT2D eigenvalue weighted by atomic mass is 16.6. The van der Waals surface area contributed by atoms with Crippen molar-refractivity contribution in [2.45, 2.75) is 19.9 Å². The minimum absolute atomic E-state index is 0.0539. The fraction of sp³-hybridized carbons (Fsp3) is 0.222. The monoisotopic (exact) mass is 381 g/mol. The lowest BCUT2D eigenvalue weighted by Gasteiger charge is -2.10. The SMILES string of the molecule is CC(=O)c1ccc(Nc2ncnc(NCCCn3ccnc3)c2[N+](=O)[O-])cc1. The average Bonchev–Trinajstić information content (AvgIpc) is 3.19. The molecule has 0 amide bonds. The van der Waals surface area contributed by atoms with Crippen LogP contribution in [-0.2, 0) is 6.54 Å². The molecular formula is C18H19N7O3. The quantitative estimate of drug-likeness (QED) is 0.250. The molecule has 10 nitrogen and oxygen atoms in total. The van der Waals surface area contributed by atoms with Crippen LogP contribution in [0, 0.1) is 10.1 Å². The fourth-order valence-corrected chi connectivity index (χ4v) is 2.58. The van der Waals surface area contributed by atoms with Crippen molar-refractivity contribution in [3.05, 3.63) is 65.0 Å². The number of nitrogens with zero attached hydrogens (tertiary/aromatic N) is 5. The molecule has 0 spiro atoms. The highest BCUT2D eigenvalue weighted by Gasteiger charge is 2.23. The van der Waals surface area contributed by atoms with Crippen LogP contribution in [-0.4, -0.2) is 36.8 Å². The molecular weight excluding hydrogens is 362 g/mol. The number of anilines is 3. The van der Waals surface area contributed by atoms with Gasteiger partial charge < -0.3 is 15.2 Å². The van der Waals surface area contributed by atoms with Crippen molar-refractivity contribution in [1.29, 1.82) is 0 Å². The number of nitrogens with one attached hydrogen (secondary N) is 2. The second-order valence-corrected chi connectivity index (χ2v) is 6.02. The van der Waals surface area contributed by atoms with E-state index >= 15 is 0 Å². The first-order valence-corrected chi connectivity index (χ1v) is 8.61. The minimum atomic E-state index is -0.523. The fourth-order valence-electron chi connectivity index (χ4n) is 2.58. The molecule has 10 heteroatoms. The Bertz CT molecular complexity index is 956. The van der Waals surface area contributed by atoms with Gasteiger partial charge in [-0.3, -0.25) is 14.9 Å². The summed E-state index contributed by atoms with van der Waals surface area (Å²) >= 11 is 0. The third-order valence-electron chi connectivity index (χ3n) is 4.00. The summed E-state index contributed by atoms with van der Waals surface area (Å²) in [4.78, 5) is 34.4. The van der Waals surface area contributed by atoms with E-state index in [0.717, 1.165) is 13.0 Å². The molecule has 0 saturated heterocycles. The molecule has 0 saturated carbocycles. The molecule has 1 aromatic carbocycles. The number of benzene rings is 1. The maximum absolute atomic E-state index is 11.6. The number of nitro groups is 1. The van der Waals surface area contributed by atoms with Crippen LogP contribution >= 0.6 is 0 Å². The lowest BCUT2D eigenvalue weighted by molar-refractivity contribution is -0.383. The summed E-state index contributed by atoms with van der Waals surface area (Å²) in [7, 11) is 0. The van der Waals surface area contributed by atoms with E-state index in [1.54, 1.807) is 36.8 Å². The lowest BCUT2D eigenvalue weighted by Crippen LogP contribution is -2.10. The molecule has 28 heavy (non-hydrogen) atoms. The van der Waals surface area contributed by atoms with Gasteiger partial charge in [-0.1, -0.05) is 0 Å². The molecule has 0 atom stereocenters. The van der Waals surface area contributed by atoms with Gasteiger partial charge in [0, 0.05) is 36.7 Å². The second kappa shape index (κ2) is 8.71. The Kier molecular flexibility index (Phi) is 5.90. The summed E-state index contributed by atoms with van der Waals surface area (Å²) in [6.45, 7) is 2.71. The minimum Gasteiger partial charge on any atom is -0.364 e. The number of aromatic nitrogens is 4. The molecule has 0 bridgehead atoms. The molecule has 0 radical (unpaired) electrons. The number of aryl methyl sites for hydroxylation is 1. The van der Waals surface area contributed by atoms with E-state index in [1.165, 1.54) is 13.3 Å². The normalized spacial score (nSPS) is 10.5. The number of rotatable bonds is 9. The standard InChI is InChI=1S/C18H19N7O3/c1-13(26)14-3-5-15(6-4-14)23-18-16(25(27)28)17(21-11-22-18)20-7-2-9-24-10-8-19-12-24/h3-6,8,10-12H,2,7,9H2,1H3,(H2,20,21,22,23). The van der Waals surface area contributed by atoms with E-state index in [9.17, 15) is 14.9 Å². The predicted octanol–water partition coefficient (Wildman–Crippen LogP) is 3.03. The van der Waals surface area contributed by atoms with E-state index in [4.69, 9.17) is 0 Å². The van der Waals surface area contributed by atoms with Crippen LogP contribution < -0.4 is 10.6 Å². The molecule has 144 valence electrons. The number of imidazole rings is 1. The van der Waals surface area contributed by atoms with Crippen LogP contribution in [0.4, 0.5) is 23.0 Å². The predicted molar refractivity (Wildman–Crippen MR) is 104 cm³/mol. The van der Waals surface area contributed by atoms with Gasteiger partial charge in [-0.05, 0) is 37.6 Å². The molecule has 2 aromatic heterocycles. The Morgan fingerprint density at radius 1 is 1.21 bits per heavy atom. The Balaban J connectivity index is 1.71. The number of hydrogen-bond donors (Lipinski definition) is 2. The van der Waals surface area contributed by atoms with Crippen LogP contribution in [0.3, 0.4) is 0 Å². The van der Waals surface area contributed by atoms with Crippen LogP contribution in [0.5, 0.6) is 0 Å². The largest absolute Gasteiger partial charge is 0.364 e. The molecule has 2 heterocycles. The summed E-state index contributed by atoms with van der Waals surface area (Å²) in [5.41, 5.74) is 0.904. The lowest BCUT2D eigenvalue weighted by atomic mass is 10.1. The van der Waals surface area contributed by atoms with Crippen LogP contribution in [0.2, 0.25) is 0 Å². The number of Topliss-reactive ketones (excluding diaryl/α,β-unsaturated/α-hetero) is 1. The highest BCUT2D eigenvalue weighted by molar-refractivity contribution is 5.94. The zero-order chi connectivity index (χ0) is 19.9. The molecule has 0 aliphatic rings. The van der Waals surface area contributed by atoms with Gasteiger partial charge in [0.05, 0.1) is 11.3 Å². The Labute approximate surface area is 160 Å². The summed E-state index contributed by atoms with van der Waals surface area (Å²) in [6, 6.07) is 6.63. The Morgan fingerprint density at radius 3 is 2.61 bits per heavy atom. The number of carbonyl (C=O) groups excluding carboxylic acids is 1. The summed E-state index contributed by atoms with van der Waals surface area (Å²) < 4.78 is 1.92. The zero-order valence-corrected chi connectivity index (χ0v) is 15.2. The summed E-state index contributed by atoms with van der Waals surface area (Å²) in [5, 5.41) is 17.5. The van der Waals surface area contributed by atoms with Gasteiger partial charge in [0.1, 0.15) is 6.33 Å². The molecule has 0 fully saturated rings. The van der Waals surface area contributed by atoms with Crippen LogP contribution in [0.25, 0.3) is 0 Å². The number of ketones is 1. The van der Waals surface area contributed by atoms with Gasteiger partial charge in [0.25, 0.3) is 0 Å². The Hall–Kier alpha value is -3.82.